The lowest BCUT2D eigenvalue weighted by Crippen LogP contribution is -2.30. The largest absolute Gasteiger partial charge is 0.493 e. The van der Waals surface area contributed by atoms with Gasteiger partial charge in [-0.1, -0.05) is 39.3 Å². The lowest BCUT2D eigenvalue weighted by molar-refractivity contribution is -0.159. The maximum absolute atomic E-state index is 9.10. The summed E-state index contributed by atoms with van der Waals surface area (Å²) < 4.78 is 6.12. The number of nitrogens with zero attached hydrogens (tertiary/aromatic N) is 1. The molecule has 1 fully saturated rings. The van der Waals surface area contributed by atoms with Crippen LogP contribution >= 0.6 is 0 Å². The summed E-state index contributed by atoms with van der Waals surface area (Å²) in [7, 11) is 0. The van der Waals surface area contributed by atoms with Crippen molar-refractivity contribution in [3.05, 3.63) is 29.3 Å². The molecule has 2 rings (SSSR count). The van der Waals surface area contributed by atoms with E-state index in [0.717, 1.165) is 18.8 Å². The molecule has 1 heterocycles. The first kappa shape index (κ1) is 24.0. The summed E-state index contributed by atoms with van der Waals surface area (Å²) in [4.78, 5) is 20.8. The molecule has 1 aromatic carbocycles. The average Bonchev–Trinajstić information content (AvgIpc) is 2.62. The zero-order valence-corrected chi connectivity index (χ0v) is 17.7. The number of aliphatic carboxylic acids is 2. The Kier molecular flexibility index (Phi) is 10.0. The van der Waals surface area contributed by atoms with Gasteiger partial charge in [0.15, 0.2) is 0 Å². The normalized spacial score (nSPS) is 14.7. The Morgan fingerprint density at radius 1 is 1.04 bits per heavy atom. The summed E-state index contributed by atoms with van der Waals surface area (Å²) in [5.41, 5.74) is 2.72. The number of carboxylic acid groups (broad SMARTS) is 2. The second-order valence-electron chi connectivity index (χ2n) is 8.32. The van der Waals surface area contributed by atoms with Crippen LogP contribution in [-0.4, -0.2) is 53.3 Å². The van der Waals surface area contributed by atoms with E-state index in [-0.39, 0.29) is 5.41 Å². The molecular formula is C22H35NO5. The van der Waals surface area contributed by atoms with E-state index in [4.69, 9.17) is 24.5 Å². The van der Waals surface area contributed by atoms with Crippen LogP contribution in [0.25, 0.3) is 0 Å². The molecule has 0 spiro atoms. The fourth-order valence-corrected chi connectivity index (χ4v) is 3.17. The highest BCUT2D eigenvalue weighted by Crippen LogP contribution is 2.32. The molecule has 158 valence electrons. The zero-order valence-electron chi connectivity index (χ0n) is 17.7. The van der Waals surface area contributed by atoms with Gasteiger partial charge in [0.2, 0.25) is 0 Å². The molecule has 0 bridgehead atoms. The van der Waals surface area contributed by atoms with Crippen LogP contribution in [0.1, 0.15) is 64.0 Å². The Morgan fingerprint density at radius 2 is 1.64 bits per heavy atom. The van der Waals surface area contributed by atoms with E-state index >= 15 is 0 Å². The number of rotatable bonds is 6. The number of hydrogen-bond donors (Lipinski definition) is 2. The topological polar surface area (TPSA) is 87.1 Å². The van der Waals surface area contributed by atoms with Gasteiger partial charge in [-0.15, -0.1) is 0 Å². The average molecular weight is 394 g/mol. The van der Waals surface area contributed by atoms with E-state index in [1.54, 1.807) is 0 Å². The highest BCUT2D eigenvalue weighted by atomic mass is 16.5. The fourth-order valence-electron chi connectivity index (χ4n) is 3.17. The van der Waals surface area contributed by atoms with Crippen LogP contribution in [-0.2, 0) is 15.0 Å². The summed E-state index contributed by atoms with van der Waals surface area (Å²) in [6.07, 6.45) is 6.58. The molecule has 2 N–H and O–H groups in total. The van der Waals surface area contributed by atoms with Crippen molar-refractivity contribution in [2.24, 2.45) is 0 Å². The molecule has 1 aromatic rings. The van der Waals surface area contributed by atoms with E-state index in [1.165, 1.54) is 56.4 Å². The molecule has 1 aliphatic rings. The second-order valence-corrected chi connectivity index (χ2v) is 8.32. The third kappa shape index (κ3) is 9.22. The SMILES string of the molecule is Cc1ccc(C(C)(C)C)c(OCCCCN2CCCCC2)c1.O=C(O)C(=O)O. The molecule has 1 aliphatic heterocycles. The number of hydrogen-bond acceptors (Lipinski definition) is 4. The Bertz CT molecular complexity index is 618. The number of carboxylic acids is 2. The third-order valence-corrected chi connectivity index (χ3v) is 4.70. The predicted molar refractivity (Wildman–Crippen MR) is 110 cm³/mol. The number of ether oxygens (including phenoxy) is 1. The maximum atomic E-state index is 9.10. The van der Waals surface area contributed by atoms with Crippen LogP contribution in [0.5, 0.6) is 5.75 Å². The molecule has 0 saturated carbocycles. The minimum Gasteiger partial charge on any atom is -0.493 e. The van der Waals surface area contributed by atoms with Crippen molar-refractivity contribution in [1.82, 2.24) is 4.90 Å². The number of likely N-dealkylation sites (tertiary alicyclic amines) is 1. The monoisotopic (exact) mass is 393 g/mol. The van der Waals surface area contributed by atoms with Gasteiger partial charge in [0.25, 0.3) is 0 Å². The first-order valence-electron chi connectivity index (χ1n) is 10.0. The van der Waals surface area contributed by atoms with Gasteiger partial charge < -0.3 is 19.8 Å². The van der Waals surface area contributed by atoms with E-state index < -0.39 is 11.9 Å². The Morgan fingerprint density at radius 3 is 2.18 bits per heavy atom. The van der Waals surface area contributed by atoms with Gasteiger partial charge in [-0.05, 0) is 74.8 Å². The van der Waals surface area contributed by atoms with Crippen LogP contribution in [0.4, 0.5) is 0 Å². The van der Waals surface area contributed by atoms with Gasteiger partial charge in [0, 0.05) is 0 Å². The Hall–Kier alpha value is -2.08. The van der Waals surface area contributed by atoms with Crippen molar-refractivity contribution in [3.8, 4) is 5.75 Å². The molecule has 0 unspecified atom stereocenters. The van der Waals surface area contributed by atoms with Crippen molar-refractivity contribution in [2.75, 3.05) is 26.2 Å². The van der Waals surface area contributed by atoms with Crippen LogP contribution in [0, 0.1) is 6.92 Å². The minimum absolute atomic E-state index is 0.136. The molecule has 6 nitrogen and oxygen atoms in total. The van der Waals surface area contributed by atoms with Crippen molar-refractivity contribution in [2.45, 2.75) is 65.2 Å². The molecule has 0 radical (unpaired) electrons. The van der Waals surface area contributed by atoms with Crippen LogP contribution in [0.3, 0.4) is 0 Å². The van der Waals surface area contributed by atoms with Crippen molar-refractivity contribution in [3.63, 3.8) is 0 Å². The molecule has 6 heteroatoms. The molecule has 0 aliphatic carbocycles. The van der Waals surface area contributed by atoms with Gasteiger partial charge in [0.05, 0.1) is 6.61 Å². The summed E-state index contributed by atoms with van der Waals surface area (Å²) >= 11 is 0. The fraction of sp³-hybridized carbons (Fsp3) is 0.636. The first-order valence-corrected chi connectivity index (χ1v) is 10.0. The molecule has 0 aromatic heterocycles. The number of aryl methyl sites for hydroxylation is 1. The predicted octanol–water partition coefficient (Wildman–Crippen LogP) is 4.09. The van der Waals surface area contributed by atoms with Crippen molar-refractivity contribution >= 4 is 11.9 Å². The first-order chi connectivity index (χ1) is 13.1. The Balaban J connectivity index is 0.000000568. The van der Waals surface area contributed by atoms with E-state index in [1.807, 2.05) is 0 Å². The molecule has 0 atom stereocenters. The highest BCUT2D eigenvalue weighted by Gasteiger charge is 2.19. The van der Waals surface area contributed by atoms with Gasteiger partial charge in [-0.25, -0.2) is 9.59 Å². The summed E-state index contributed by atoms with van der Waals surface area (Å²) in [6, 6.07) is 6.59. The molecule has 1 saturated heterocycles. The lowest BCUT2D eigenvalue weighted by Gasteiger charge is -2.26. The minimum atomic E-state index is -1.82. The Labute approximate surface area is 168 Å². The number of unbranched alkanes of at least 4 members (excludes halogenated alkanes) is 1. The van der Waals surface area contributed by atoms with Crippen molar-refractivity contribution in [1.29, 1.82) is 0 Å². The van der Waals surface area contributed by atoms with Crippen molar-refractivity contribution < 1.29 is 24.5 Å². The zero-order chi connectivity index (χ0) is 21.2. The van der Waals surface area contributed by atoms with Gasteiger partial charge in [-0.2, -0.15) is 0 Å². The van der Waals surface area contributed by atoms with E-state index in [9.17, 15) is 0 Å². The van der Waals surface area contributed by atoms with Crippen LogP contribution in [0.2, 0.25) is 0 Å². The molecule has 0 amide bonds. The summed E-state index contributed by atoms with van der Waals surface area (Å²) in [5.74, 6) is -2.57. The highest BCUT2D eigenvalue weighted by molar-refractivity contribution is 6.27. The smallest absolute Gasteiger partial charge is 0.414 e. The number of benzene rings is 1. The van der Waals surface area contributed by atoms with Gasteiger partial charge in [-0.3, -0.25) is 0 Å². The lowest BCUT2D eigenvalue weighted by atomic mass is 9.86. The summed E-state index contributed by atoms with van der Waals surface area (Å²) in [6.45, 7) is 13.6. The molecule has 28 heavy (non-hydrogen) atoms. The van der Waals surface area contributed by atoms with Crippen LogP contribution < -0.4 is 4.74 Å². The quantitative estimate of drug-likeness (QED) is 0.559. The number of piperidine rings is 1. The maximum Gasteiger partial charge on any atom is 0.414 e. The standard InChI is InChI=1S/C20H33NO.C2H2O4/c1-17-10-11-18(20(2,3)4)19(16-17)22-15-9-8-14-21-12-6-5-7-13-21;3-1(4)2(5)6/h10-11,16H,5-9,12-15H2,1-4H3;(H,3,4)(H,5,6). The van der Waals surface area contributed by atoms with E-state index in [0.29, 0.717) is 0 Å². The molecular weight excluding hydrogens is 358 g/mol. The third-order valence-electron chi connectivity index (χ3n) is 4.70. The van der Waals surface area contributed by atoms with Gasteiger partial charge in [0.1, 0.15) is 5.75 Å². The second kappa shape index (κ2) is 11.7. The number of carbonyl (C=O) groups is 2. The van der Waals surface area contributed by atoms with E-state index in [2.05, 4.69) is 50.8 Å². The summed E-state index contributed by atoms with van der Waals surface area (Å²) in [5, 5.41) is 14.8. The van der Waals surface area contributed by atoms with Crippen LogP contribution in [0.15, 0.2) is 18.2 Å². The van der Waals surface area contributed by atoms with Gasteiger partial charge >= 0.3 is 11.9 Å².